The van der Waals surface area contributed by atoms with E-state index >= 15 is 0 Å². The standard InChI is InChI=1S/C9H17NOSi/c1-9(7-5-6-8-10)11-12(2,3)4/h1,5-7H2,2-4H3. The lowest BCUT2D eigenvalue weighted by Gasteiger charge is -2.20. The van der Waals surface area contributed by atoms with E-state index in [2.05, 4.69) is 32.3 Å². The van der Waals surface area contributed by atoms with Gasteiger partial charge >= 0.3 is 0 Å². The third-order valence-corrected chi connectivity index (χ3v) is 2.10. The Morgan fingerprint density at radius 1 is 1.50 bits per heavy atom. The van der Waals surface area contributed by atoms with Gasteiger partial charge in [-0.2, -0.15) is 5.26 Å². The van der Waals surface area contributed by atoms with Crippen molar-refractivity contribution in [3.05, 3.63) is 12.3 Å². The zero-order valence-corrected chi connectivity index (χ0v) is 9.18. The summed E-state index contributed by atoms with van der Waals surface area (Å²) in [7, 11) is -1.46. The summed E-state index contributed by atoms with van der Waals surface area (Å²) >= 11 is 0. The van der Waals surface area contributed by atoms with Gasteiger partial charge in [0.25, 0.3) is 0 Å². The molecular weight excluding hydrogens is 166 g/mol. The molecule has 0 unspecified atom stereocenters. The van der Waals surface area contributed by atoms with Gasteiger partial charge in [-0.1, -0.05) is 6.58 Å². The highest BCUT2D eigenvalue weighted by atomic mass is 28.4. The summed E-state index contributed by atoms with van der Waals surface area (Å²) in [5.41, 5.74) is 0. The second kappa shape index (κ2) is 4.99. The summed E-state index contributed by atoms with van der Waals surface area (Å²) in [6.07, 6.45) is 2.27. The monoisotopic (exact) mass is 183 g/mol. The van der Waals surface area contributed by atoms with Crippen molar-refractivity contribution in [1.82, 2.24) is 0 Å². The minimum absolute atomic E-state index is 0.591. The minimum Gasteiger partial charge on any atom is -0.548 e. The van der Waals surface area contributed by atoms with Gasteiger partial charge in [-0.3, -0.25) is 0 Å². The smallest absolute Gasteiger partial charge is 0.241 e. The topological polar surface area (TPSA) is 33.0 Å². The Labute approximate surface area is 76.0 Å². The van der Waals surface area contributed by atoms with Crippen molar-refractivity contribution in [1.29, 1.82) is 5.26 Å². The van der Waals surface area contributed by atoms with Crippen molar-refractivity contribution in [3.8, 4) is 6.07 Å². The van der Waals surface area contributed by atoms with E-state index in [4.69, 9.17) is 9.69 Å². The van der Waals surface area contributed by atoms with Crippen LogP contribution in [0.25, 0.3) is 0 Å². The molecule has 0 spiro atoms. The summed E-state index contributed by atoms with van der Waals surface area (Å²) in [4.78, 5) is 0. The van der Waals surface area contributed by atoms with Gasteiger partial charge in [0.05, 0.1) is 11.8 Å². The zero-order valence-electron chi connectivity index (χ0n) is 8.18. The van der Waals surface area contributed by atoms with Gasteiger partial charge in [-0.25, -0.2) is 0 Å². The number of nitrogens with zero attached hydrogens (tertiary/aromatic N) is 1. The lowest BCUT2D eigenvalue weighted by atomic mass is 10.2. The molecule has 3 heteroatoms. The molecule has 0 bridgehead atoms. The molecule has 0 fully saturated rings. The Hall–Kier alpha value is -0.753. The molecule has 0 N–H and O–H groups in total. The highest BCUT2D eigenvalue weighted by Crippen LogP contribution is 2.13. The molecule has 0 atom stereocenters. The Kier molecular flexibility index (Phi) is 4.68. The van der Waals surface area contributed by atoms with E-state index in [9.17, 15) is 0 Å². The van der Waals surface area contributed by atoms with Gasteiger partial charge in [-0.15, -0.1) is 0 Å². The van der Waals surface area contributed by atoms with Crippen LogP contribution >= 0.6 is 0 Å². The molecule has 12 heavy (non-hydrogen) atoms. The summed E-state index contributed by atoms with van der Waals surface area (Å²) in [6.45, 7) is 10.2. The number of hydrogen-bond donors (Lipinski definition) is 0. The molecule has 0 aliphatic carbocycles. The van der Waals surface area contributed by atoms with E-state index in [-0.39, 0.29) is 0 Å². The Morgan fingerprint density at radius 2 is 2.08 bits per heavy atom. The van der Waals surface area contributed by atoms with Crippen molar-refractivity contribution in [2.45, 2.75) is 38.9 Å². The first-order valence-corrected chi connectivity index (χ1v) is 7.60. The molecule has 0 saturated heterocycles. The lowest BCUT2D eigenvalue weighted by molar-refractivity contribution is 0.399. The molecule has 0 aromatic heterocycles. The third kappa shape index (κ3) is 7.36. The van der Waals surface area contributed by atoms with Crippen molar-refractivity contribution in [3.63, 3.8) is 0 Å². The van der Waals surface area contributed by atoms with Gasteiger partial charge < -0.3 is 4.43 Å². The van der Waals surface area contributed by atoms with E-state index in [1.165, 1.54) is 0 Å². The molecule has 0 radical (unpaired) electrons. The van der Waals surface area contributed by atoms with Crippen LogP contribution in [-0.4, -0.2) is 8.32 Å². The second-order valence-electron chi connectivity index (χ2n) is 3.76. The van der Waals surface area contributed by atoms with Gasteiger partial charge in [0, 0.05) is 12.8 Å². The maximum Gasteiger partial charge on any atom is 0.241 e. The average molecular weight is 183 g/mol. The maximum atomic E-state index is 8.30. The SMILES string of the molecule is C=C(CCCC#N)O[Si](C)(C)C. The van der Waals surface area contributed by atoms with E-state index < -0.39 is 8.32 Å². The fraction of sp³-hybridized carbons (Fsp3) is 0.667. The average Bonchev–Trinajstić information content (AvgIpc) is 1.84. The third-order valence-electron chi connectivity index (χ3n) is 1.19. The quantitative estimate of drug-likeness (QED) is 0.373. The van der Waals surface area contributed by atoms with Crippen LogP contribution in [0.3, 0.4) is 0 Å². The van der Waals surface area contributed by atoms with Crippen LogP contribution in [0.1, 0.15) is 19.3 Å². The Balaban J connectivity index is 3.56. The highest BCUT2D eigenvalue weighted by Gasteiger charge is 2.16. The van der Waals surface area contributed by atoms with Gasteiger partial charge in [0.2, 0.25) is 8.32 Å². The van der Waals surface area contributed by atoms with E-state index in [0.717, 1.165) is 18.6 Å². The molecule has 68 valence electrons. The highest BCUT2D eigenvalue weighted by molar-refractivity contribution is 6.70. The molecule has 0 heterocycles. The molecule has 0 aromatic carbocycles. The predicted molar refractivity (Wildman–Crippen MR) is 53.0 cm³/mol. The fourth-order valence-corrected chi connectivity index (χ4v) is 1.82. The summed E-state index contributed by atoms with van der Waals surface area (Å²) < 4.78 is 5.62. The first-order valence-electron chi connectivity index (χ1n) is 4.19. The maximum absolute atomic E-state index is 8.30. The van der Waals surface area contributed by atoms with Gasteiger partial charge in [0.1, 0.15) is 0 Å². The van der Waals surface area contributed by atoms with Crippen LogP contribution in [0.2, 0.25) is 19.6 Å². The van der Waals surface area contributed by atoms with Crippen molar-refractivity contribution < 1.29 is 4.43 Å². The van der Waals surface area contributed by atoms with E-state index in [0.29, 0.717) is 6.42 Å². The molecular formula is C9H17NOSi. The zero-order chi connectivity index (χ0) is 9.61. The van der Waals surface area contributed by atoms with Crippen LogP contribution < -0.4 is 0 Å². The normalized spacial score (nSPS) is 10.5. The molecule has 0 saturated carbocycles. The first kappa shape index (κ1) is 11.2. The lowest BCUT2D eigenvalue weighted by Crippen LogP contribution is -2.24. The van der Waals surface area contributed by atoms with Crippen LogP contribution in [0, 0.1) is 11.3 Å². The van der Waals surface area contributed by atoms with Gasteiger partial charge in [-0.05, 0) is 26.1 Å². The van der Waals surface area contributed by atoms with Crippen molar-refractivity contribution in [2.75, 3.05) is 0 Å². The molecule has 0 amide bonds. The Morgan fingerprint density at radius 3 is 2.50 bits per heavy atom. The largest absolute Gasteiger partial charge is 0.548 e. The van der Waals surface area contributed by atoms with E-state index in [1.807, 2.05) is 0 Å². The molecule has 0 rings (SSSR count). The fourth-order valence-electron chi connectivity index (χ4n) is 0.849. The van der Waals surface area contributed by atoms with Crippen molar-refractivity contribution >= 4 is 8.32 Å². The number of rotatable bonds is 5. The predicted octanol–water partition coefficient (Wildman–Crippen LogP) is 3.05. The van der Waals surface area contributed by atoms with Crippen molar-refractivity contribution in [2.24, 2.45) is 0 Å². The summed E-state index contributed by atoms with van der Waals surface area (Å²) in [6, 6.07) is 2.10. The minimum atomic E-state index is -1.46. The molecule has 0 aliphatic heterocycles. The van der Waals surface area contributed by atoms with E-state index in [1.54, 1.807) is 0 Å². The van der Waals surface area contributed by atoms with Crippen LogP contribution in [0.4, 0.5) is 0 Å². The van der Waals surface area contributed by atoms with Crippen LogP contribution in [0.15, 0.2) is 12.3 Å². The Bertz CT molecular complexity index is 188. The molecule has 2 nitrogen and oxygen atoms in total. The van der Waals surface area contributed by atoms with Crippen LogP contribution in [0.5, 0.6) is 0 Å². The summed E-state index contributed by atoms with van der Waals surface area (Å²) in [5.74, 6) is 0.837. The summed E-state index contributed by atoms with van der Waals surface area (Å²) in [5, 5.41) is 8.30. The number of unbranched alkanes of at least 4 members (excludes halogenated alkanes) is 1. The number of hydrogen-bond acceptors (Lipinski definition) is 2. The second-order valence-corrected chi connectivity index (χ2v) is 8.19. The van der Waals surface area contributed by atoms with Gasteiger partial charge in [0.15, 0.2) is 0 Å². The molecule has 0 aromatic rings. The molecule has 0 aliphatic rings. The first-order chi connectivity index (χ1) is 5.45. The number of nitriles is 1. The van der Waals surface area contributed by atoms with Crippen LogP contribution in [-0.2, 0) is 4.43 Å². The number of allylic oxidation sites excluding steroid dienone is 1.